The Morgan fingerprint density at radius 1 is 1.00 bits per heavy atom. The molecule has 0 bridgehead atoms. The summed E-state index contributed by atoms with van der Waals surface area (Å²) in [4.78, 5) is 27.5. The molecule has 0 aromatic heterocycles. The molecule has 2 aromatic carbocycles. The quantitative estimate of drug-likeness (QED) is 0.552. The number of carbonyl (C=O) groups excluding carboxylic acids is 2. The van der Waals surface area contributed by atoms with E-state index >= 15 is 0 Å². The van der Waals surface area contributed by atoms with Crippen molar-refractivity contribution in [2.45, 2.75) is 47.2 Å². The standard InChI is InChI=1S/C25H34FN3O4S/c1-17(2)14-27-25(31)20(5)28(15-21-12-7-8-13-22(21)26)23(30)16-29(34(6,32)33)24-18(3)10-9-11-19(24)4/h7-13,17,20H,14-16H2,1-6H3,(H,27,31)/t20-/m0/s1. The molecule has 7 nitrogen and oxygen atoms in total. The van der Waals surface area contributed by atoms with Crippen molar-refractivity contribution in [2.75, 3.05) is 23.7 Å². The molecule has 0 spiro atoms. The Bertz CT molecular complexity index is 1110. The number of aryl methyl sites for hydroxylation is 2. The lowest BCUT2D eigenvalue weighted by Gasteiger charge is -2.32. The highest BCUT2D eigenvalue weighted by Crippen LogP contribution is 2.27. The third-order valence-electron chi connectivity index (χ3n) is 5.52. The predicted octanol–water partition coefficient (Wildman–Crippen LogP) is 3.40. The van der Waals surface area contributed by atoms with Gasteiger partial charge in [-0.2, -0.15) is 0 Å². The Kier molecular flexibility index (Phi) is 9.21. The third-order valence-corrected chi connectivity index (χ3v) is 6.63. The number of para-hydroxylation sites is 1. The summed E-state index contributed by atoms with van der Waals surface area (Å²) in [6.45, 7) is 8.71. The molecule has 0 saturated carbocycles. The van der Waals surface area contributed by atoms with Crippen molar-refractivity contribution in [1.82, 2.24) is 10.2 Å². The van der Waals surface area contributed by atoms with Crippen molar-refractivity contribution in [3.8, 4) is 0 Å². The summed E-state index contributed by atoms with van der Waals surface area (Å²) in [7, 11) is -3.83. The summed E-state index contributed by atoms with van der Waals surface area (Å²) < 4.78 is 40.9. The molecular formula is C25H34FN3O4S. The number of rotatable bonds is 10. The molecule has 186 valence electrons. The summed E-state index contributed by atoms with van der Waals surface area (Å²) in [5, 5.41) is 2.79. The van der Waals surface area contributed by atoms with E-state index in [0.717, 1.165) is 10.6 Å². The van der Waals surface area contributed by atoms with Gasteiger partial charge in [-0.1, -0.05) is 50.2 Å². The molecule has 34 heavy (non-hydrogen) atoms. The Balaban J connectivity index is 2.44. The van der Waals surface area contributed by atoms with Crippen LogP contribution in [0.15, 0.2) is 42.5 Å². The van der Waals surface area contributed by atoms with Crippen LogP contribution in [0.1, 0.15) is 37.5 Å². The topological polar surface area (TPSA) is 86.8 Å². The van der Waals surface area contributed by atoms with Crippen LogP contribution in [0.25, 0.3) is 0 Å². The number of amides is 2. The van der Waals surface area contributed by atoms with Gasteiger partial charge in [0, 0.05) is 18.7 Å². The van der Waals surface area contributed by atoms with E-state index in [2.05, 4.69) is 5.32 Å². The number of halogens is 1. The van der Waals surface area contributed by atoms with Crippen LogP contribution in [0.2, 0.25) is 0 Å². The van der Waals surface area contributed by atoms with Crippen LogP contribution in [0.3, 0.4) is 0 Å². The zero-order valence-electron chi connectivity index (χ0n) is 20.6. The lowest BCUT2D eigenvalue weighted by Crippen LogP contribution is -2.51. The van der Waals surface area contributed by atoms with Gasteiger partial charge < -0.3 is 10.2 Å². The average Bonchev–Trinajstić information content (AvgIpc) is 2.74. The first-order chi connectivity index (χ1) is 15.8. The Hall–Kier alpha value is -2.94. The van der Waals surface area contributed by atoms with Crippen molar-refractivity contribution in [1.29, 1.82) is 0 Å². The molecule has 2 aromatic rings. The number of nitrogens with one attached hydrogen (secondary N) is 1. The van der Waals surface area contributed by atoms with Crippen LogP contribution in [0, 0.1) is 25.6 Å². The molecule has 0 heterocycles. The molecule has 0 unspecified atom stereocenters. The van der Waals surface area contributed by atoms with Gasteiger partial charge in [-0.3, -0.25) is 13.9 Å². The second-order valence-electron chi connectivity index (χ2n) is 8.94. The minimum atomic E-state index is -3.83. The van der Waals surface area contributed by atoms with E-state index in [1.165, 1.54) is 23.1 Å². The molecule has 2 rings (SSSR count). The number of hydrogen-bond acceptors (Lipinski definition) is 4. The SMILES string of the molecule is Cc1cccc(C)c1N(CC(=O)N(Cc1ccccc1F)[C@@H](C)C(=O)NCC(C)C)S(C)(=O)=O. The lowest BCUT2D eigenvalue weighted by molar-refractivity contribution is -0.139. The Morgan fingerprint density at radius 3 is 2.12 bits per heavy atom. The number of benzene rings is 2. The van der Waals surface area contributed by atoms with Gasteiger partial charge in [-0.05, 0) is 43.9 Å². The minimum absolute atomic E-state index is 0.174. The molecule has 9 heteroatoms. The molecule has 0 radical (unpaired) electrons. The van der Waals surface area contributed by atoms with Gasteiger partial charge in [0.1, 0.15) is 18.4 Å². The van der Waals surface area contributed by atoms with E-state index in [1.807, 2.05) is 19.9 Å². The highest BCUT2D eigenvalue weighted by atomic mass is 32.2. The summed E-state index contributed by atoms with van der Waals surface area (Å²) >= 11 is 0. The fraction of sp³-hybridized carbons (Fsp3) is 0.440. The summed E-state index contributed by atoms with van der Waals surface area (Å²) in [5.41, 5.74) is 2.04. The Morgan fingerprint density at radius 2 is 1.59 bits per heavy atom. The van der Waals surface area contributed by atoms with Gasteiger partial charge >= 0.3 is 0 Å². The van der Waals surface area contributed by atoms with E-state index in [0.29, 0.717) is 23.4 Å². The smallest absolute Gasteiger partial charge is 0.244 e. The van der Waals surface area contributed by atoms with Crippen molar-refractivity contribution in [2.24, 2.45) is 5.92 Å². The molecule has 1 N–H and O–H groups in total. The largest absolute Gasteiger partial charge is 0.354 e. The third kappa shape index (κ3) is 7.03. The molecule has 2 amide bonds. The fourth-order valence-corrected chi connectivity index (χ4v) is 4.58. The van der Waals surface area contributed by atoms with Crippen LogP contribution in [-0.2, 0) is 26.2 Å². The first-order valence-corrected chi connectivity index (χ1v) is 13.0. The maximum atomic E-state index is 14.4. The van der Waals surface area contributed by atoms with Gasteiger partial charge in [-0.15, -0.1) is 0 Å². The normalized spacial score (nSPS) is 12.4. The van der Waals surface area contributed by atoms with Crippen LogP contribution in [0.5, 0.6) is 0 Å². The Labute approximate surface area is 202 Å². The molecule has 0 saturated heterocycles. The summed E-state index contributed by atoms with van der Waals surface area (Å²) in [6.07, 6.45) is 1.03. The monoisotopic (exact) mass is 491 g/mol. The van der Waals surface area contributed by atoms with E-state index in [1.54, 1.807) is 39.0 Å². The highest BCUT2D eigenvalue weighted by Gasteiger charge is 2.31. The molecule has 0 aliphatic rings. The van der Waals surface area contributed by atoms with Crippen LogP contribution in [0.4, 0.5) is 10.1 Å². The van der Waals surface area contributed by atoms with Gasteiger partial charge in [0.15, 0.2) is 0 Å². The van der Waals surface area contributed by atoms with E-state index in [9.17, 15) is 22.4 Å². The highest BCUT2D eigenvalue weighted by molar-refractivity contribution is 7.92. The van der Waals surface area contributed by atoms with Crippen molar-refractivity contribution in [3.63, 3.8) is 0 Å². The maximum Gasteiger partial charge on any atom is 0.244 e. The van der Waals surface area contributed by atoms with Crippen molar-refractivity contribution < 1.29 is 22.4 Å². The van der Waals surface area contributed by atoms with Gasteiger partial charge in [0.25, 0.3) is 0 Å². The molecular weight excluding hydrogens is 457 g/mol. The second kappa shape index (κ2) is 11.5. The van der Waals surface area contributed by atoms with Crippen molar-refractivity contribution >= 4 is 27.5 Å². The molecule has 0 aliphatic carbocycles. The predicted molar refractivity (Wildman–Crippen MR) is 132 cm³/mol. The summed E-state index contributed by atoms with van der Waals surface area (Å²) in [5.74, 6) is -1.30. The first kappa shape index (κ1) is 27.3. The number of carbonyl (C=O) groups is 2. The lowest BCUT2D eigenvalue weighted by atomic mass is 10.1. The maximum absolute atomic E-state index is 14.4. The van der Waals surface area contributed by atoms with Crippen molar-refractivity contribution in [3.05, 3.63) is 65.0 Å². The van der Waals surface area contributed by atoms with E-state index < -0.39 is 40.2 Å². The van der Waals surface area contributed by atoms with Crippen LogP contribution >= 0.6 is 0 Å². The summed E-state index contributed by atoms with van der Waals surface area (Å²) in [6, 6.07) is 10.4. The average molecular weight is 492 g/mol. The zero-order chi connectivity index (χ0) is 25.6. The second-order valence-corrected chi connectivity index (χ2v) is 10.8. The van der Waals surface area contributed by atoms with Gasteiger partial charge in [-0.25, -0.2) is 12.8 Å². The van der Waals surface area contributed by atoms with Gasteiger partial charge in [0.05, 0.1) is 11.9 Å². The number of anilines is 1. The number of sulfonamides is 1. The van der Waals surface area contributed by atoms with Crippen LogP contribution in [-0.4, -0.2) is 50.5 Å². The van der Waals surface area contributed by atoms with E-state index in [4.69, 9.17) is 0 Å². The van der Waals surface area contributed by atoms with Gasteiger partial charge in [0.2, 0.25) is 21.8 Å². The van der Waals surface area contributed by atoms with Crippen LogP contribution < -0.4 is 9.62 Å². The minimum Gasteiger partial charge on any atom is -0.354 e. The number of hydrogen-bond donors (Lipinski definition) is 1. The molecule has 0 aliphatic heterocycles. The molecule has 1 atom stereocenters. The first-order valence-electron chi connectivity index (χ1n) is 11.2. The number of nitrogens with zero attached hydrogens (tertiary/aromatic N) is 2. The molecule has 0 fully saturated rings. The zero-order valence-corrected chi connectivity index (χ0v) is 21.4. The van der Waals surface area contributed by atoms with E-state index in [-0.39, 0.29) is 18.0 Å². The fourth-order valence-electron chi connectivity index (χ4n) is 3.62.